The molecule has 1 atom stereocenters. The van der Waals surface area contributed by atoms with E-state index in [1.807, 2.05) is 32.3 Å². The van der Waals surface area contributed by atoms with Gasteiger partial charge < -0.3 is 10.2 Å². The molecule has 1 heterocycles. The minimum absolute atomic E-state index is 0.0461. The monoisotopic (exact) mass is 337 g/mol. The quantitative estimate of drug-likeness (QED) is 0.902. The molecule has 1 aliphatic carbocycles. The smallest absolute Gasteiger partial charge is 0.317 e. The molecular formula is C21H27N3O. The maximum Gasteiger partial charge on any atom is 0.317 e. The third-order valence-corrected chi connectivity index (χ3v) is 4.93. The van der Waals surface area contributed by atoms with E-state index in [0.717, 1.165) is 24.1 Å². The lowest BCUT2D eigenvalue weighted by Gasteiger charge is -2.22. The van der Waals surface area contributed by atoms with E-state index in [1.165, 1.54) is 16.7 Å². The van der Waals surface area contributed by atoms with E-state index in [-0.39, 0.29) is 12.1 Å². The lowest BCUT2D eigenvalue weighted by Crippen LogP contribution is -2.38. The fraction of sp³-hybridized carbons (Fsp3) is 0.429. The second-order valence-corrected chi connectivity index (χ2v) is 7.34. The Bertz CT molecular complexity index is 752. The summed E-state index contributed by atoms with van der Waals surface area (Å²) < 4.78 is 0. The van der Waals surface area contributed by atoms with Crippen molar-refractivity contribution < 1.29 is 4.79 Å². The highest BCUT2D eigenvalue weighted by Crippen LogP contribution is 2.33. The van der Waals surface area contributed by atoms with E-state index >= 15 is 0 Å². The van der Waals surface area contributed by atoms with Crippen LogP contribution in [0.5, 0.6) is 0 Å². The van der Waals surface area contributed by atoms with E-state index in [1.54, 1.807) is 4.90 Å². The molecule has 2 amide bonds. The van der Waals surface area contributed by atoms with Crippen LogP contribution in [0.4, 0.5) is 4.79 Å². The Morgan fingerprint density at radius 3 is 2.80 bits per heavy atom. The predicted octanol–water partition coefficient (Wildman–Crippen LogP) is 4.34. The Balaban J connectivity index is 1.66. The molecule has 0 saturated carbocycles. The summed E-state index contributed by atoms with van der Waals surface area (Å²) >= 11 is 0. The molecule has 0 aliphatic heterocycles. The van der Waals surface area contributed by atoms with Crippen LogP contribution in [0.25, 0.3) is 0 Å². The number of fused-ring (bicyclic) bond motifs is 1. The van der Waals surface area contributed by atoms with Gasteiger partial charge in [-0.25, -0.2) is 4.79 Å². The Morgan fingerprint density at radius 1 is 1.32 bits per heavy atom. The number of carbonyl (C=O) groups excluding carboxylic acids is 1. The van der Waals surface area contributed by atoms with Gasteiger partial charge in [0.25, 0.3) is 0 Å². The number of amides is 2. The van der Waals surface area contributed by atoms with Gasteiger partial charge in [-0.1, -0.05) is 38.1 Å². The highest BCUT2D eigenvalue weighted by Gasteiger charge is 2.25. The third-order valence-electron chi connectivity index (χ3n) is 4.93. The van der Waals surface area contributed by atoms with Crippen molar-refractivity contribution in [2.75, 3.05) is 7.05 Å². The average molecular weight is 337 g/mol. The maximum absolute atomic E-state index is 12.6. The van der Waals surface area contributed by atoms with Gasteiger partial charge in [-0.3, -0.25) is 4.98 Å². The van der Waals surface area contributed by atoms with Gasteiger partial charge in [0.1, 0.15) is 0 Å². The fourth-order valence-corrected chi connectivity index (χ4v) is 3.30. The highest BCUT2D eigenvalue weighted by atomic mass is 16.2. The van der Waals surface area contributed by atoms with Gasteiger partial charge in [-0.2, -0.15) is 0 Å². The largest absolute Gasteiger partial charge is 0.331 e. The van der Waals surface area contributed by atoms with Gasteiger partial charge in [0.05, 0.1) is 18.3 Å². The zero-order valence-corrected chi connectivity index (χ0v) is 15.5. The van der Waals surface area contributed by atoms with Gasteiger partial charge in [-0.05, 0) is 54.0 Å². The first-order valence-electron chi connectivity index (χ1n) is 9.00. The third kappa shape index (κ3) is 4.01. The summed E-state index contributed by atoms with van der Waals surface area (Å²) in [7, 11) is 1.82. The molecule has 0 saturated heterocycles. The Hall–Kier alpha value is -2.36. The maximum atomic E-state index is 12.6. The van der Waals surface area contributed by atoms with Crippen LogP contribution >= 0.6 is 0 Å². The van der Waals surface area contributed by atoms with Crippen molar-refractivity contribution in [3.05, 3.63) is 64.5 Å². The molecule has 25 heavy (non-hydrogen) atoms. The number of urea groups is 1. The van der Waals surface area contributed by atoms with Crippen LogP contribution in [-0.2, 0) is 13.0 Å². The van der Waals surface area contributed by atoms with Crippen molar-refractivity contribution in [1.29, 1.82) is 0 Å². The first-order chi connectivity index (χ1) is 11.9. The number of nitrogens with zero attached hydrogens (tertiary/aromatic N) is 2. The Labute approximate surface area is 150 Å². The van der Waals surface area contributed by atoms with E-state index in [9.17, 15) is 4.79 Å². The average Bonchev–Trinajstić information content (AvgIpc) is 2.99. The Kier molecular flexibility index (Phi) is 5.07. The summed E-state index contributed by atoms with van der Waals surface area (Å²) in [6, 6.07) is 10.7. The molecule has 3 rings (SSSR count). The molecule has 0 bridgehead atoms. The zero-order valence-electron chi connectivity index (χ0n) is 15.5. The van der Waals surface area contributed by atoms with Crippen LogP contribution < -0.4 is 5.32 Å². The van der Waals surface area contributed by atoms with Crippen LogP contribution in [0.3, 0.4) is 0 Å². The number of aromatic nitrogens is 1. The lowest BCUT2D eigenvalue weighted by atomic mass is 9.97. The first-order valence-corrected chi connectivity index (χ1v) is 9.00. The number of carbonyl (C=O) groups is 1. The molecule has 1 N–H and O–H groups in total. The van der Waals surface area contributed by atoms with Crippen LogP contribution in [0.15, 0.2) is 36.5 Å². The molecule has 1 aromatic heterocycles. The van der Waals surface area contributed by atoms with E-state index in [2.05, 4.69) is 42.3 Å². The summed E-state index contributed by atoms with van der Waals surface area (Å²) in [5, 5.41) is 3.19. The van der Waals surface area contributed by atoms with E-state index < -0.39 is 0 Å². The minimum Gasteiger partial charge on any atom is -0.331 e. The Morgan fingerprint density at radius 2 is 2.12 bits per heavy atom. The van der Waals surface area contributed by atoms with E-state index in [0.29, 0.717) is 12.5 Å². The molecule has 2 aromatic rings. The van der Waals surface area contributed by atoms with Crippen molar-refractivity contribution in [2.24, 2.45) is 0 Å². The standard InChI is InChI=1S/C21H27N3O/c1-14(2)17-7-6-16-8-10-20(19(16)11-17)23-21(25)24(4)13-18-9-5-15(3)12-22-18/h5-7,9,11-12,14,20H,8,10,13H2,1-4H3,(H,23,25). The summed E-state index contributed by atoms with van der Waals surface area (Å²) in [4.78, 5) is 18.7. The van der Waals surface area contributed by atoms with Crippen LogP contribution in [0.2, 0.25) is 0 Å². The zero-order chi connectivity index (χ0) is 18.0. The molecule has 1 aromatic carbocycles. The highest BCUT2D eigenvalue weighted by molar-refractivity contribution is 5.74. The molecular weight excluding hydrogens is 310 g/mol. The normalized spacial score (nSPS) is 16.0. The second-order valence-electron chi connectivity index (χ2n) is 7.34. The van der Waals surface area contributed by atoms with Gasteiger partial charge in [0.2, 0.25) is 0 Å². The lowest BCUT2D eigenvalue weighted by molar-refractivity contribution is 0.202. The number of hydrogen-bond acceptors (Lipinski definition) is 2. The van der Waals surface area contributed by atoms with Crippen molar-refractivity contribution in [3.8, 4) is 0 Å². The number of benzene rings is 1. The molecule has 1 unspecified atom stereocenters. The predicted molar refractivity (Wildman–Crippen MR) is 101 cm³/mol. The summed E-state index contributed by atoms with van der Waals surface area (Å²) in [5.74, 6) is 0.498. The number of aryl methyl sites for hydroxylation is 2. The van der Waals surface area contributed by atoms with Crippen molar-refractivity contribution >= 4 is 6.03 Å². The van der Waals surface area contributed by atoms with Gasteiger partial charge in [0, 0.05) is 13.2 Å². The number of rotatable bonds is 4. The van der Waals surface area contributed by atoms with Crippen molar-refractivity contribution in [3.63, 3.8) is 0 Å². The van der Waals surface area contributed by atoms with Gasteiger partial charge in [-0.15, -0.1) is 0 Å². The first kappa shape index (κ1) is 17.5. The minimum atomic E-state index is -0.0461. The van der Waals surface area contributed by atoms with Crippen LogP contribution in [-0.4, -0.2) is 23.0 Å². The van der Waals surface area contributed by atoms with Gasteiger partial charge in [0.15, 0.2) is 0 Å². The number of pyridine rings is 1. The molecule has 0 spiro atoms. The number of hydrogen-bond donors (Lipinski definition) is 1. The summed E-state index contributed by atoms with van der Waals surface area (Å²) in [6.45, 7) is 6.92. The van der Waals surface area contributed by atoms with Crippen LogP contribution in [0.1, 0.15) is 60.2 Å². The van der Waals surface area contributed by atoms with Crippen LogP contribution in [0, 0.1) is 6.92 Å². The topological polar surface area (TPSA) is 45.2 Å². The van der Waals surface area contributed by atoms with Gasteiger partial charge >= 0.3 is 6.03 Å². The van der Waals surface area contributed by atoms with Crippen molar-refractivity contribution in [2.45, 2.75) is 52.1 Å². The summed E-state index contributed by atoms with van der Waals surface area (Å²) in [5.41, 5.74) is 5.99. The summed E-state index contributed by atoms with van der Waals surface area (Å²) in [6.07, 6.45) is 3.84. The molecule has 4 heteroatoms. The fourth-order valence-electron chi connectivity index (χ4n) is 3.30. The molecule has 0 fully saturated rings. The van der Waals surface area contributed by atoms with Crippen molar-refractivity contribution in [1.82, 2.24) is 15.2 Å². The molecule has 132 valence electrons. The molecule has 4 nitrogen and oxygen atoms in total. The second kappa shape index (κ2) is 7.26. The SMILES string of the molecule is Cc1ccc(CN(C)C(=O)NC2CCc3ccc(C(C)C)cc32)nc1. The number of nitrogens with one attached hydrogen (secondary N) is 1. The molecule has 1 aliphatic rings. The molecule has 0 radical (unpaired) electrons. The van der Waals surface area contributed by atoms with E-state index in [4.69, 9.17) is 0 Å².